The largest absolute Gasteiger partial charge is 0.368 e. The third kappa shape index (κ3) is 2.94. The molecular weight excluding hydrogens is 248 g/mol. The standard InChI is InChI=1S/C16H24N4/c1-4-20(14-7-5-13(18)6-8-14)16-9-11(2)19-12(3)15(16)10-17/h9,13-14H,4-8,18H2,1-3H3. The zero-order valence-corrected chi connectivity index (χ0v) is 12.7. The number of rotatable bonds is 3. The van der Waals surface area contributed by atoms with E-state index >= 15 is 0 Å². The molecule has 0 radical (unpaired) electrons. The van der Waals surface area contributed by atoms with Gasteiger partial charge in [-0.1, -0.05) is 0 Å². The van der Waals surface area contributed by atoms with Crippen molar-refractivity contribution in [1.29, 1.82) is 5.26 Å². The number of hydrogen-bond donors (Lipinski definition) is 1. The Morgan fingerprint density at radius 3 is 2.55 bits per heavy atom. The number of nitriles is 1. The van der Waals surface area contributed by atoms with E-state index in [2.05, 4.69) is 22.9 Å². The van der Waals surface area contributed by atoms with Crippen molar-refractivity contribution in [1.82, 2.24) is 4.98 Å². The average molecular weight is 272 g/mol. The Labute approximate surface area is 121 Å². The predicted octanol–water partition coefficient (Wildman–Crippen LogP) is 2.67. The van der Waals surface area contributed by atoms with Crippen LogP contribution in [-0.4, -0.2) is 23.6 Å². The van der Waals surface area contributed by atoms with Gasteiger partial charge in [-0.25, -0.2) is 0 Å². The second-order valence-electron chi connectivity index (χ2n) is 5.71. The summed E-state index contributed by atoms with van der Waals surface area (Å²) in [5.74, 6) is 0. The number of pyridine rings is 1. The van der Waals surface area contributed by atoms with Crippen LogP contribution in [0.1, 0.15) is 49.6 Å². The van der Waals surface area contributed by atoms with Crippen molar-refractivity contribution < 1.29 is 0 Å². The molecule has 2 rings (SSSR count). The molecule has 1 aliphatic carbocycles. The van der Waals surface area contributed by atoms with E-state index < -0.39 is 0 Å². The molecule has 1 aromatic rings. The van der Waals surface area contributed by atoms with Crippen molar-refractivity contribution in [3.05, 3.63) is 23.0 Å². The molecule has 1 heterocycles. The van der Waals surface area contributed by atoms with Crippen LogP contribution in [0.15, 0.2) is 6.07 Å². The number of hydrogen-bond acceptors (Lipinski definition) is 4. The molecule has 1 saturated carbocycles. The molecule has 20 heavy (non-hydrogen) atoms. The monoisotopic (exact) mass is 272 g/mol. The van der Waals surface area contributed by atoms with E-state index in [0.29, 0.717) is 17.6 Å². The second kappa shape index (κ2) is 6.23. The summed E-state index contributed by atoms with van der Waals surface area (Å²) in [5, 5.41) is 9.44. The maximum atomic E-state index is 9.44. The van der Waals surface area contributed by atoms with E-state index in [1.165, 1.54) is 0 Å². The molecule has 2 N–H and O–H groups in total. The fourth-order valence-corrected chi connectivity index (χ4v) is 3.21. The first-order valence-corrected chi connectivity index (χ1v) is 7.47. The SMILES string of the molecule is CCN(c1cc(C)nc(C)c1C#N)C1CCC(N)CC1. The Balaban J connectivity index is 2.34. The molecule has 4 heteroatoms. The molecule has 4 nitrogen and oxygen atoms in total. The topological polar surface area (TPSA) is 65.9 Å². The Hall–Kier alpha value is -1.60. The van der Waals surface area contributed by atoms with Gasteiger partial charge in [0.25, 0.3) is 0 Å². The third-order valence-corrected chi connectivity index (χ3v) is 4.25. The summed E-state index contributed by atoms with van der Waals surface area (Å²) in [6.07, 6.45) is 4.37. The molecule has 0 spiro atoms. The van der Waals surface area contributed by atoms with E-state index in [-0.39, 0.29) is 0 Å². The van der Waals surface area contributed by atoms with Gasteiger partial charge in [0.15, 0.2) is 0 Å². The van der Waals surface area contributed by atoms with Crippen molar-refractivity contribution in [2.75, 3.05) is 11.4 Å². The second-order valence-corrected chi connectivity index (χ2v) is 5.71. The minimum absolute atomic E-state index is 0.348. The number of nitrogens with two attached hydrogens (primary N) is 1. The van der Waals surface area contributed by atoms with Gasteiger partial charge in [0.05, 0.1) is 16.9 Å². The molecular formula is C16H24N4. The van der Waals surface area contributed by atoms with Gasteiger partial charge in [0.2, 0.25) is 0 Å². The van der Waals surface area contributed by atoms with Gasteiger partial charge in [0.1, 0.15) is 6.07 Å². The van der Waals surface area contributed by atoms with Crippen LogP contribution in [0.25, 0.3) is 0 Å². The van der Waals surface area contributed by atoms with Crippen LogP contribution in [0.4, 0.5) is 5.69 Å². The molecule has 0 aliphatic heterocycles. The molecule has 0 atom stereocenters. The third-order valence-electron chi connectivity index (χ3n) is 4.25. The van der Waals surface area contributed by atoms with Gasteiger partial charge < -0.3 is 10.6 Å². The van der Waals surface area contributed by atoms with Gasteiger partial charge in [-0.3, -0.25) is 4.98 Å². The highest BCUT2D eigenvalue weighted by molar-refractivity contribution is 5.62. The first kappa shape index (κ1) is 14.8. The lowest BCUT2D eigenvalue weighted by Gasteiger charge is -2.37. The lowest BCUT2D eigenvalue weighted by molar-refractivity contribution is 0.378. The van der Waals surface area contributed by atoms with E-state index in [4.69, 9.17) is 5.73 Å². The van der Waals surface area contributed by atoms with E-state index in [9.17, 15) is 5.26 Å². The fraction of sp³-hybridized carbons (Fsp3) is 0.625. The van der Waals surface area contributed by atoms with Gasteiger partial charge >= 0.3 is 0 Å². The van der Waals surface area contributed by atoms with Gasteiger partial charge in [-0.15, -0.1) is 0 Å². The van der Waals surface area contributed by atoms with Crippen molar-refractivity contribution in [2.24, 2.45) is 5.73 Å². The first-order valence-electron chi connectivity index (χ1n) is 7.47. The molecule has 0 unspecified atom stereocenters. The maximum Gasteiger partial charge on any atom is 0.103 e. The first-order chi connectivity index (χ1) is 9.56. The smallest absolute Gasteiger partial charge is 0.103 e. The molecule has 0 aromatic carbocycles. The molecule has 0 amide bonds. The number of aromatic nitrogens is 1. The lowest BCUT2D eigenvalue weighted by Crippen LogP contribution is -2.41. The Morgan fingerprint density at radius 2 is 2.00 bits per heavy atom. The number of aryl methyl sites for hydroxylation is 2. The highest BCUT2D eigenvalue weighted by Crippen LogP contribution is 2.30. The molecule has 1 fully saturated rings. The van der Waals surface area contributed by atoms with Crippen molar-refractivity contribution >= 4 is 5.69 Å². The average Bonchev–Trinajstić information content (AvgIpc) is 2.41. The normalized spacial score (nSPS) is 22.4. The molecule has 0 saturated heterocycles. The molecule has 108 valence electrons. The summed E-state index contributed by atoms with van der Waals surface area (Å²) in [6, 6.07) is 5.21. The number of anilines is 1. The van der Waals surface area contributed by atoms with Crippen molar-refractivity contribution in [3.8, 4) is 6.07 Å². The van der Waals surface area contributed by atoms with Crippen LogP contribution in [-0.2, 0) is 0 Å². The van der Waals surface area contributed by atoms with Crippen LogP contribution >= 0.6 is 0 Å². The van der Waals surface area contributed by atoms with Crippen molar-refractivity contribution in [3.63, 3.8) is 0 Å². The van der Waals surface area contributed by atoms with E-state index in [0.717, 1.165) is 49.3 Å². The minimum atomic E-state index is 0.348. The van der Waals surface area contributed by atoms with Crippen LogP contribution in [0.3, 0.4) is 0 Å². The summed E-state index contributed by atoms with van der Waals surface area (Å²) in [4.78, 5) is 6.78. The maximum absolute atomic E-state index is 9.44. The highest BCUT2D eigenvalue weighted by atomic mass is 15.2. The highest BCUT2D eigenvalue weighted by Gasteiger charge is 2.25. The van der Waals surface area contributed by atoms with Crippen LogP contribution in [0.5, 0.6) is 0 Å². The van der Waals surface area contributed by atoms with Gasteiger partial charge in [0, 0.05) is 24.3 Å². The predicted molar refractivity (Wildman–Crippen MR) is 81.7 cm³/mol. The Kier molecular flexibility index (Phi) is 4.61. The summed E-state index contributed by atoms with van der Waals surface area (Å²) in [5.41, 5.74) is 9.56. The summed E-state index contributed by atoms with van der Waals surface area (Å²) in [6.45, 7) is 6.97. The molecule has 1 aliphatic rings. The quantitative estimate of drug-likeness (QED) is 0.918. The van der Waals surface area contributed by atoms with Crippen molar-refractivity contribution in [2.45, 2.75) is 58.5 Å². The summed E-state index contributed by atoms with van der Waals surface area (Å²) < 4.78 is 0. The van der Waals surface area contributed by atoms with Crippen LogP contribution in [0, 0.1) is 25.2 Å². The van der Waals surface area contributed by atoms with Crippen LogP contribution < -0.4 is 10.6 Å². The lowest BCUT2D eigenvalue weighted by atomic mass is 9.90. The number of nitrogens with zero attached hydrogens (tertiary/aromatic N) is 3. The zero-order chi connectivity index (χ0) is 14.7. The van der Waals surface area contributed by atoms with E-state index in [1.807, 2.05) is 19.9 Å². The summed E-state index contributed by atoms with van der Waals surface area (Å²) >= 11 is 0. The van der Waals surface area contributed by atoms with Gasteiger partial charge in [-0.05, 0) is 52.5 Å². The summed E-state index contributed by atoms with van der Waals surface area (Å²) in [7, 11) is 0. The van der Waals surface area contributed by atoms with Crippen LogP contribution in [0.2, 0.25) is 0 Å². The fourth-order valence-electron chi connectivity index (χ4n) is 3.21. The Bertz CT molecular complexity index is 510. The Morgan fingerprint density at radius 1 is 1.35 bits per heavy atom. The zero-order valence-electron chi connectivity index (χ0n) is 12.7. The van der Waals surface area contributed by atoms with Gasteiger partial charge in [-0.2, -0.15) is 5.26 Å². The minimum Gasteiger partial charge on any atom is -0.368 e. The van der Waals surface area contributed by atoms with E-state index in [1.54, 1.807) is 0 Å². The molecule has 1 aromatic heterocycles. The molecule has 0 bridgehead atoms.